The van der Waals surface area contributed by atoms with E-state index < -0.39 is 23.5 Å². The van der Waals surface area contributed by atoms with Gasteiger partial charge in [-0.1, -0.05) is 36.4 Å². The number of amides is 1. The van der Waals surface area contributed by atoms with Gasteiger partial charge in [-0.2, -0.15) is 5.26 Å². The lowest BCUT2D eigenvalue weighted by molar-refractivity contribution is -0.118. The van der Waals surface area contributed by atoms with Gasteiger partial charge in [0, 0.05) is 0 Å². The van der Waals surface area contributed by atoms with E-state index in [4.69, 9.17) is 5.26 Å². The van der Waals surface area contributed by atoms with E-state index in [0.717, 1.165) is 11.6 Å². The van der Waals surface area contributed by atoms with E-state index in [1.807, 2.05) is 12.1 Å². The van der Waals surface area contributed by atoms with E-state index in [1.165, 1.54) is 12.1 Å². The molecule has 0 aliphatic carbocycles. The summed E-state index contributed by atoms with van der Waals surface area (Å²) in [5, 5.41) is 11.3. The minimum Gasteiger partial charge on any atom is -0.322 e. The minimum atomic E-state index is -1.14. The average molecular weight is 286 g/mol. The van der Waals surface area contributed by atoms with Crippen LogP contribution in [0.1, 0.15) is 5.56 Å². The Balaban J connectivity index is 2.11. The van der Waals surface area contributed by atoms with Crippen molar-refractivity contribution in [3.63, 3.8) is 0 Å². The molecule has 0 heterocycles. The number of rotatable bonds is 4. The van der Waals surface area contributed by atoms with E-state index in [1.54, 1.807) is 24.3 Å². The molecule has 0 fully saturated rings. The molecule has 2 aromatic carbocycles. The first-order chi connectivity index (χ1) is 10.1. The van der Waals surface area contributed by atoms with Gasteiger partial charge in [0.2, 0.25) is 5.91 Å². The SMILES string of the molecule is N#CC(Cc1ccccc1)C(=O)Nc1cccc(F)c1F. The largest absolute Gasteiger partial charge is 0.322 e. The van der Waals surface area contributed by atoms with Crippen LogP contribution in [0.4, 0.5) is 14.5 Å². The number of hydrogen-bond acceptors (Lipinski definition) is 2. The first-order valence-corrected chi connectivity index (χ1v) is 6.30. The third-order valence-corrected chi connectivity index (χ3v) is 2.96. The molecule has 0 aliphatic rings. The number of halogens is 2. The Labute approximate surface area is 120 Å². The Hall–Kier alpha value is -2.74. The van der Waals surface area contributed by atoms with Crippen molar-refractivity contribution in [1.29, 1.82) is 5.26 Å². The zero-order chi connectivity index (χ0) is 15.2. The monoisotopic (exact) mass is 286 g/mol. The molecule has 106 valence electrons. The van der Waals surface area contributed by atoms with Crippen molar-refractivity contribution in [1.82, 2.24) is 0 Å². The van der Waals surface area contributed by atoms with Gasteiger partial charge in [0.05, 0.1) is 11.8 Å². The second-order valence-corrected chi connectivity index (χ2v) is 4.46. The van der Waals surface area contributed by atoms with Gasteiger partial charge in [-0.25, -0.2) is 8.78 Å². The van der Waals surface area contributed by atoms with Crippen LogP contribution in [-0.2, 0) is 11.2 Å². The van der Waals surface area contributed by atoms with Crippen molar-refractivity contribution < 1.29 is 13.6 Å². The Morgan fingerprint density at radius 1 is 1.14 bits per heavy atom. The molecule has 0 aromatic heterocycles. The van der Waals surface area contributed by atoms with Crippen molar-refractivity contribution in [3.8, 4) is 6.07 Å². The standard InChI is InChI=1S/C16H12F2N2O/c17-13-7-4-8-14(15(13)18)20-16(21)12(10-19)9-11-5-2-1-3-6-11/h1-8,12H,9H2,(H,20,21). The number of hydrogen-bond donors (Lipinski definition) is 1. The molecule has 0 radical (unpaired) electrons. The van der Waals surface area contributed by atoms with Gasteiger partial charge in [0.25, 0.3) is 0 Å². The fraction of sp³-hybridized carbons (Fsp3) is 0.125. The van der Waals surface area contributed by atoms with Crippen LogP contribution >= 0.6 is 0 Å². The van der Waals surface area contributed by atoms with Crippen LogP contribution in [0.2, 0.25) is 0 Å². The highest BCUT2D eigenvalue weighted by Crippen LogP contribution is 2.18. The molecule has 0 aliphatic heterocycles. The molecule has 2 aromatic rings. The number of carbonyl (C=O) groups excluding carboxylic acids is 1. The van der Waals surface area contributed by atoms with Crippen molar-refractivity contribution in [2.45, 2.75) is 6.42 Å². The van der Waals surface area contributed by atoms with Crippen LogP contribution in [0, 0.1) is 28.9 Å². The predicted molar refractivity (Wildman–Crippen MR) is 74.2 cm³/mol. The number of carbonyl (C=O) groups is 1. The molecule has 1 amide bonds. The zero-order valence-electron chi connectivity index (χ0n) is 11.0. The third kappa shape index (κ3) is 3.63. The highest BCUT2D eigenvalue weighted by Gasteiger charge is 2.20. The van der Waals surface area contributed by atoms with Gasteiger partial charge in [0.1, 0.15) is 5.92 Å². The summed E-state index contributed by atoms with van der Waals surface area (Å²) in [6.07, 6.45) is 0.208. The first-order valence-electron chi connectivity index (χ1n) is 6.30. The molecule has 1 atom stereocenters. The average Bonchev–Trinajstić information content (AvgIpc) is 2.50. The lowest BCUT2D eigenvalue weighted by Crippen LogP contribution is -2.24. The highest BCUT2D eigenvalue weighted by atomic mass is 19.2. The van der Waals surface area contributed by atoms with Crippen LogP contribution in [0.25, 0.3) is 0 Å². The molecule has 0 spiro atoms. The third-order valence-electron chi connectivity index (χ3n) is 2.96. The molecule has 21 heavy (non-hydrogen) atoms. The van der Waals surface area contributed by atoms with Gasteiger partial charge in [-0.3, -0.25) is 4.79 Å². The normalized spacial score (nSPS) is 11.5. The van der Waals surface area contributed by atoms with E-state index in [0.29, 0.717) is 0 Å². The molecule has 0 saturated carbocycles. The van der Waals surface area contributed by atoms with Crippen LogP contribution in [-0.4, -0.2) is 5.91 Å². The van der Waals surface area contributed by atoms with Gasteiger partial charge in [-0.15, -0.1) is 0 Å². The second kappa shape index (κ2) is 6.62. The summed E-state index contributed by atoms with van der Waals surface area (Å²) in [5.41, 5.74) is 0.548. The van der Waals surface area contributed by atoms with Crippen LogP contribution in [0.3, 0.4) is 0 Å². The Morgan fingerprint density at radius 2 is 1.86 bits per heavy atom. The molecule has 2 rings (SSSR count). The molecular formula is C16H12F2N2O. The summed E-state index contributed by atoms with van der Waals surface area (Å²) < 4.78 is 26.6. The quantitative estimate of drug-likeness (QED) is 0.937. The van der Waals surface area contributed by atoms with Gasteiger partial charge < -0.3 is 5.32 Å². The maximum absolute atomic E-state index is 13.5. The van der Waals surface area contributed by atoms with Crippen LogP contribution in [0.5, 0.6) is 0 Å². The fourth-order valence-corrected chi connectivity index (χ4v) is 1.87. The van der Waals surface area contributed by atoms with E-state index in [9.17, 15) is 13.6 Å². The molecule has 5 heteroatoms. The lowest BCUT2D eigenvalue weighted by Gasteiger charge is -2.11. The van der Waals surface area contributed by atoms with Gasteiger partial charge >= 0.3 is 0 Å². The number of benzene rings is 2. The Bertz CT molecular complexity index is 680. The maximum atomic E-state index is 13.5. The topological polar surface area (TPSA) is 52.9 Å². The molecular weight excluding hydrogens is 274 g/mol. The summed E-state index contributed by atoms with van der Waals surface area (Å²) in [6, 6.07) is 14.4. The smallest absolute Gasteiger partial charge is 0.242 e. The summed E-state index contributed by atoms with van der Waals surface area (Å²) in [4.78, 5) is 12.0. The van der Waals surface area contributed by atoms with Crippen molar-refractivity contribution in [2.24, 2.45) is 5.92 Å². The lowest BCUT2D eigenvalue weighted by atomic mass is 10.00. The minimum absolute atomic E-state index is 0.208. The number of nitriles is 1. The summed E-state index contributed by atoms with van der Waals surface area (Å²) in [7, 11) is 0. The maximum Gasteiger partial charge on any atom is 0.242 e. The van der Waals surface area contributed by atoms with Crippen LogP contribution < -0.4 is 5.32 Å². The summed E-state index contributed by atoms with van der Waals surface area (Å²) >= 11 is 0. The van der Waals surface area contributed by atoms with Crippen molar-refractivity contribution in [3.05, 3.63) is 65.7 Å². The first kappa shape index (κ1) is 14.7. The van der Waals surface area contributed by atoms with E-state index >= 15 is 0 Å². The molecule has 1 N–H and O–H groups in total. The zero-order valence-corrected chi connectivity index (χ0v) is 11.0. The molecule has 1 unspecified atom stereocenters. The second-order valence-electron chi connectivity index (χ2n) is 4.46. The molecule has 3 nitrogen and oxygen atoms in total. The number of nitrogens with one attached hydrogen (secondary N) is 1. The van der Waals surface area contributed by atoms with Gasteiger partial charge in [0.15, 0.2) is 11.6 Å². The fourth-order valence-electron chi connectivity index (χ4n) is 1.87. The van der Waals surface area contributed by atoms with Gasteiger partial charge in [-0.05, 0) is 24.1 Å². The Morgan fingerprint density at radius 3 is 2.52 bits per heavy atom. The van der Waals surface area contributed by atoms with Crippen LogP contribution in [0.15, 0.2) is 48.5 Å². The molecule has 0 saturated heterocycles. The summed E-state index contributed by atoms with van der Waals surface area (Å²) in [6.45, 7) is 0. The summed E-state index contributed by atoms with van der Waals surface area (Å²) in [5.74, 6) is -3.83. The highest BCUT2D eigenvalue weighted by molar-refractivity contribution is 5.94. The van der Waals surface area contributed by atoms with Crippen molar-refractivity contribution >= 4 is 11.6 Å². The number of nitrogens with zero attached hydrogens (tertiary/aromatic N) is 1. The van der Waals surface area contributed by atoms with Crippen molar-refractivity contribution in [2.75, 3.05) is 5.32 Å². The predicted octanol–water partition coefficient (Wildman–Crippen LogP) is 3.29. The Kier molecular flexibility index (Phi) is 4.62. The number of anilines is 1. The van der Waals surface area contributed by atoms with E-state index in [-0.39, 0.29) is 12.1 Å². The molecule has 0 bridgehead atoms. The van der Waals surface area contributed by atoms with E-state index in [2.05, 4.69) is 5.32 Å².